The average Bonchev–Trinajstić information content (AvgIpc) is 2.74. The summed E-state index contributed by atoms with van der Waals surface area (Å²) < 4.78 is 0. The summed E-state index contributed by atoms with van der Waals surface area (Å²) in [6, 6.07) is 16.5. The Morgan fingerprint density at radius 2 is 1.76 bits per heavy atom. The molecule has 1 fully saturated rings. The van der Waals surface area contributed by atoms with Crippen molar-refractivity contribution < 1.29 is 15.0 Å². The molecular formula is C25H31NO3. The molecule has 29 heavy (non-hydrogen) atoms. The molecule has 2 aliphatic rings. The Morgan fingerprint density at radius 3 is 2.48 bits per heavy atom. The number of rotatable bonds is 6. The largest absolute Gasteiger partial charge is 0.368 e. The fourth-order valence-corrected chi connectivity index (χ4v) is 4.94. The van der Waals surface area contributed by atoms with Crippen LogP contribution in [0.5, 0.6) is 0 Å². The number of nitrogens with zero attached hydrogens (tertiary/aromatic N) is 1. The van der Waals surface area contributed by atoms with E-state index < -0.39 is 6.29 Å². The van der Waals surface area contributed by atoms with Crippen LogP contribution in [0.25, 0.3) is 0 Å². The number of carbonyl (C=O) groups is 1. The van der Waals surface area contributed by atoms with Gasteiger partial charge in [-0.1, -0.05) is 48.5 Å². The van der Waals surface area contributed by atoms with Crippen molar-refractivity contribution in [3.05, 3.63) is 70.8 Å². The first kappa shape index (κ1) is 20.3. The topological polar surface area (TPSA) is 60.8 Å². The van der Waals surface area contributed by atoms with Crippen molar-refractivity contribution in [2.45, 2.75) is 50.7 Å². The van der Waals surface area contributed by atoms with Gasteiger partial charge in [-0.2, -0.15) is 0 Å². The SMILES string of the molecule is O=C1c2ccc(CC(O)O)cc2CCC1CCN1CCC(c2ccccc2)CC1. The number of fused-ring (bicyclic) bond motifs is 1. The zero-order valence-electron chi connectivity index (χ0n) is 17.0. The smallest absolute Gasteiger partial charge is 0.166 e. The summed E-state index contributed by atoms with van der Waals surface area (Å²) >= 11 is 0. The highest BCUT2D eigenvalue weighted by Gasteiger charge is 2.28. The predicted octanol–water partition coefficient (Wildman–Crippen LogP) is 3.55. The van der Waals surface area contributed by atoms with E-state index in [4.69, 9.17) is 10.2 Å². The second-order valence-corrected chi connectivity index (χ2v) is 8.59. The summed E-state index contributed by atoms with van der Waals surface area (Å²) in [5.41, 5.74) is 4.24. The Morgan fingerprint density at radius 1 is 1.00 bits per heavy atom. The number of ketones is 1. The molecule has 2 aromatic rings. The van der Waals surface area contributed by atoms with Gasteiger partial charge in [-0.25, -0.2) is 0 Å². The van der Waals surface area contributed by atoms with Crippen molar-refractivity contribution in [2.24, 2.45) is 5.92 Å². The fraction of sp³-hybridized carbons (Fsp3) is 0.480. The maximum absolute atomic E-state index is 12.9. The summed E-state index contributed by atoms with van der Waals surface area (Å²) in [5, 5.41) is 18.3. The van der Waals surface area contributed by atoms with Crippen LogP contribution < -0.4 is 0 Å². The normalized spacial score (nSPS) is 20.8. The van der Waals surface area contributed by atoms with Gasteiger partial charge in [0.05, 0.1) is 0 Å². The van der Waals surface area contributed by atoms with Gasteiger partial charge in [0.1, 0.15) is 0 Å². The summed E-state index contributed by atoms with van der Waals surface area (Å²) in [7, 11) is 0. The van der Waals surface area contributed by atoms with E-state index >= 15 is 0 Å². The van der Waals surface area contributed by atoms with Crippen molar-refractivity contribution in [3.8, 4) is 0 Å². The number of aliphatic hydroxyl groups is 2. The van der Waals surface area contributed by atoms with Crippen molar-refractivity contribution in [1.29, 1.82) is 0 Å². The molecule has 0 radical (unpaired) electrons. The van der Waals surface area contributed by atoms with Gasteiger partial charge in [0.15, 0.2) is 12.1 Å². The molecular weight excluding hydrogens is 362 g/mol. The molecule has 1 atom stereocenters. The molecule has 0 bridgehead atoms. The van der Waals surface area contributed by atoms with Crippen LogP contribution in [-0.2, 0) is 12.8 Å². The lowest BCUT2D eigenvalue weighted by Gasteiger charge is -2.33. The Balaban J connectivity index is 1.28. The van der Waals surface area contributed by atoms with Gasteiger partial charge in [0, 0.05) is 17.9 Å². The van der Waals surface area contributed by atoms with Crippen LogP contribution in [0.3, 0.4) is 0 Å². The van der Waals surface area contributed by atoms with Crippen molar-refractivity contribution in [1.82, 2.24) is 4.90 Å². The monoisotopic (exact) mass is 393 g/mol. The highest BCUT2D eigenvalue weighted by atomic mass is 16.5. The molecule has 154 valence electrons. The van der Waals surface area contributed by atoms with Gasteiger partial charge < -0.3 is 15.1 Å². The maximum atomic E-state index is 12.9. The molecule has 0 aromatic heterocycles. The lowest BCUT2D eigenvalue weighted by Crippen LogP contribution is -2.35. The van der Waals surface area contributed by atoms with Crippen LogP contribution in [0.2, 0.25) is 0 Å². The van der Waals surface area contributed by atoms with Crippen molar-refractivity contribution >= 4 is 5.78 Å². The van der Waals surface area contributed by atoms with E-state index in [1.165, 1.54) is 18.4 Å². The number of likely N-dealkylation sites (tertiary alicyclic amines) is 1. The summed E-state index contributed by atoms with van der Waals surface area (Å²) in [5.74, 6) is 1.05. The standard InChI is InChI=1S/C25H31NO3/c27-24(28)17-18-6-9-23-22(16-18)8-7-21(25(23)29)12-15-26-13-10-20(11-14-26)19-4-2-1-3-5-19/h1-6,9,16,20-21,24,27-28H,7-8,10-15,17H2. The fourth-order valence-electron chi connectivity index (χ4n) is 4.94. The Kier molecular flexibility index (Phi) is 6.43. The first-order valence-corrected chi connectivity index (χ1v) is 10.9. The van der Waals surface area contributed by atoms with Crippen LogP contribution in [-0.4, -0.2) is 46.8 Å². The van der Waals surface area contributed by atoms with Crippen LogP contribution in [0.4, 0.5) is 0 Å². The van der Waals surface area contributed by atoms with Crippen molar-refractivity contribution in [3.63, 3.8) is 0 Å². The van der Waals surface area contributed by atoms with Crippen LogP contribution in [0.15, 0.2) is 48.5 Å². The van der Waals surface area contributed by atoms with E-state index in [-0.39, 0.29) is 18.1 Å². The molecule has 0 spiro atoms. The highest BCUT2D eigenvalue weighted by Crippen LogP contribution is 2.31. The number of benzene rings is 2. The maximum Gasteiger partial charge on any atom is 0.166 e. The summed E-state index contributed by atoms with van der Waals surface area (Å²) in [4.78, 5) is 15.5. The number of aliphatic hydroxyl groups excluding tert-OH is 1. The molecule has 1 heterocycles. The Bertz CT molecular complexity index is 825. The minimum absolute atomic E-state index is 0.114. The van der Waals surface area contributed by atoms with Gasteiger partial charge in [0.25, 0.3) is 0 Å². The van der Waals surface area contributed by atoms with Gasteiger partial charge in [-0.05, 0) is 74.3 Å². The summed E-state index contributed by atoms with van der Waals surface area (Å²) in [6.45, 7) is 3.23. The second-order valence-electron chi connectivity index (χ2n) is 8.59. The number of Topliss-reactive ketones (excluding diaryl/α,β-unsaturated/α-hetero) is 1. The van der Waals surface area contributed by atoms with E-state index in [1.807, 2.05) is 18.2 Å². The van der Waals surface area contributed by atoms with E-state index in [0.717, 1.165) is 55.6 Å². The number of hydrogen-bond acceptors (Lipinski definition) is 4. The molecule has 4 heteroatoms. The zero-order chi connectivity index (χ0) is 20.2. The number of piperidine rings is 1. The minimum Gasteiger partial charge on any atom is -0.368 e. The number of aryl methyl sites for hydroxylation is 1. The molecule has 4 nitrogen and oxygen atoms in total. The minimum atomic E-state index is -1.34. The lowest BCUT2D eigenvalue weighted by molar-refractivity contribution is -0.0381. The number of hydrogen-bond donors (Lipinski definition) is 2. The number of carbonyl (C=O) groups excluding carboxylic acids is 1. The first-order chi connectivity index (χ1) is 14.1. The molecule has 4 rings (SSSR count). The van der Waals surface area contributed by atoms with Gasteiger partial charge in [0.2, 0.25) is 0 Å². The average molecular weight is 394 g/mol. The highest BCUT2D eigenvalue weighted by molar-refractivity contribution is 6.00. The van der Waals surface area contributed by atoms with E-state index in [1.54, 1.807) is 0 Å². The van der Waals surface area contributed by atoms with Gasteiger partial charge >= 0.3 is 0 Å². The van der Waals surface area contributed by atoms with Crippen LogP contribution in [0.1, 0.15) is 58.6 Å². The van der Waals surface area contributed by atoms with Gasteiger partial charge in [-0.15, -0.1) is 0 Å². The molecule has 0 amide bonds. The summed E-state index contributed by atoms with van der Waals surface area (Å²) in [6.07, 6.45) is 4.01. The third-order valence-corrected chi connectivity index (χ3v) is 6.64. The molecule has 1 unspecified atom stereocenters. The molecule has 1 aliphatic heterocycles. The quantitative estimate of drug-likeness (QED) is 0.737. The predicted molar refractivity (Wildman–Crippen MR) is 114 cm³/mol. The van der Waals surface area contributed by atoms with Crippen molar-refractivity contribution in [2.75, 3.05) is 19.6 Å². The molecule has 2 N–H and O–H groups in total. The third kappa shape index (κ3) is 4.95. The molecule has 1 aliphatic carbocycles. The first-order valence-electron chi connectivity index (χ1n) is 10.9. The molecule has 2 aromatic carbocycles. The lowest BCUT2D eigenvalue weighted by atomic mass is 9.80. The molecule has 0 saturated carbocycles. The van der Waals surface area contributed by atoms with E-state index in [2.05, 4.69) is 35.2 Å². The van der Waals surface area contributed by atoms with Gasteiger partial charge in [-0.3, -0.25) is 4.79 Å². The van der Waals surface area contributed by atoms with E-state index in [9.17, 15) is 4.79 Å². The van der Waals surface area contributed by atoms with Crippen LogP contribution in [0, 0.1) is 5.92 Å². The van der Waals surface area contributed by atoms with Crippen LogP contribution >= 0.6 is 0 Å². The second kappa shape index (κ2) is 9.21. The molecule has 1 saturated heterocycles. The third-order valence-electron chi connectivity index (χ3n) is 6.64. The Hall–Kier alpha value is -2.01. The van der Waals surface area contributed by atoms with E-state index in [0.29, 0.717) is 5.92 Å². The Labute approximate surface area is 173 Å². The zero-order valence-corrected chi connectivity index (χ0v) is 17.0.